The van der Waals surface area contributed by atoms with Crippen LogP contribution in [-0.2, 0) is 29.3 Å². The second-order valence-corrected chi connectivity index (χ2v) is 6.91. The molecule has 2 amide bonds. The highest BCUT2D eigenvalue weighted by atomic mass is 19.1. The Labute approximate surface area is 179 Å². The van der Waals surface area contributed by atoms with Crippen molar-refractivity contribution in [2.75, 3.05) is 6.54 Å². The summed E-state index contributed by atoms with van der Waals surface area (Å²) in [4.78, 5) is 23.8. The van der Waals surface area contributed by atoms with Crippen molar-refractivity contribution in [2.24, 2.45) is 0 Å². The average molecular weight is 424 g/mol. The number of amides is 2. The zero-order valence-corrected chi connectivity index (χ0v) is 16.7. The van der Waals surface area contributed by atoms with Gasteiger partial charge in [0.2, 0.25) is 5.91 Å². The number of carbonyl (C=O) groups is 2. The third-order valence-corrected chi connectivity index (χ3v) is 4.43. The van der Waals surface area contributed by atoms with Crippen LogP contribution in [0.4, 0.5) is 8.78 Å². The summed E-state index contributed by atoms with van der Waals surface area (Å²) in [5.74, 6) is -2.86. The third-order valence-electron chi connectivity index (χ3n) is 4.43. The number of benzene rings is 3. The molecule has 0 aromatic heterocycles. The number of nitrogens with one attached hydrogen (secondary N) is 2. The lowest BCUT2D eigenvalue weighted by Gasteiger charge is -2.09. The molecule has 160 valence electrons. The van der Waals surface area contributed by atoms with Crippen LogP contribution in [0, 0.1) is 11.6 Å². The van der Waals surface area contributed by atoms with Gasteiger partial charge in [-0.05, 0) is 28.8 Å². The summed E-state index contributed by atoms with van der Waals surface area (Å²) >= 11 is 0. The molecule has 0 atom stereocenters. The molecule has 0 fully saturated rings. The fraction of sp³-hybridized carbons (Fsp3) is 0.167. The Hall–Kier alpha value is -3.58. The lowest BCUT2D eigenvalue weighted by Crippen LogP contribution is -2.36. The Bertz CT molecular complexity index is 1000. The first-order valence-electron chi connectivity index (χ1n) is 9.70. The Kier molecular flexibility index (Phi) is 7.84. The van der Waals surface area contributed by atoms with Gasteiger partial charge < -0.3 is 15.4 Å². The van der Waals surface area contributed by atoms with Gasteiger partial charge in [0.15, 0.2) is 0 Å². The maximum absolute atomic E-state index is 13.2. The molecule has 3 rings (SSSR count). The van der Waals surface area contributed by atoms with Gasteiger partial charge in [0, 0.05) is 18.2 Å². The highest BCUT2D eigenvalue weighted by molar-refractivity contribution is 5.96. The van der Waals surface area contributed by atoms with Crippen LogP contribution in [0.1, 0.15) is 27.0 Å². The van der Waals surface area contributed by atoms with Gasteiger partial charge in [-0.2, -0.15) is 0 Å². The minimum atomic E-state index is -0.858. The van der Waals surface area contributed by atoms with Crippen LogP contribution in [-0.4, -0.2) is 18.4 Å². The summed E-state index contributed by atoms with van der Waals surface area (Å²) in [6, 6.07) is 20.0. The average Bonchev–Trinajstić information content (AvgIpc) is 2.77. The van der Waals surface area contributed by atoms with E-state index in [0.717, 1.165) is 28.8 Å². The third kappa shape index (κ3) is 7.31. The normalized spacial score (nSPS) is 10.5. The standard InChI is InChI=1S/C24H22F2N2O3/c25-21-10-20(11-22(26)12-21)24(30)28-14-23(29)27-13-17-6-8-19(9-7-17)16-31-15-18-4-2-1-3-5-18/h1-12H,13-16H2,(H,27,29)(H,28,30). The molecular formula is C24H22F2N2O3. The Balaban J connectivity index is 1.38. The van der Waals surface area contributed by atoms with Gasteiger partial charge in [0.05, 0.1) is 19.8 Å². The first kappa shape index (κ1) is 22.1. The fourth-order valence-electron chi connectivity index (χ4n) is 2.83. The van der Waals surface area contributed by atoms with E-state index in [0.29, 0.717) is 19.3 Å². The van der Waals surface area contributed by atoms with E-state index in [1.165, 1.54) is 0 Å². The van der Waals surface area contributed by atoms with E-state index < -0.39 is 23.4 Å². The predicted molar refractivity (Wildman–Crippen MR) is 112 cm³/mol. The second kappa shape index (κ2) is 11.0. The molecule has 0 bridgehead atoms. The molecule has 0 aliphatic rings. The summed E-state index contributed by atoms with van der Waals surface area (Å²) in [5.41, 5.74) is 2.83. The van der Waals surface area contributed by atoms with E-state index in [-0.39, 0.29) is 18.7 Å². The quantitative estimate of drug-likeness (QED) is 0.550. The van der Waals surface area contributed by atoms with Crippen molar-refractivity contribution in [3.05, 3.63) is 107 Å². The number of carbonyl (C=O) groups excluding carboxylic acids is 2. The van der Waals surface area contributed by atoms with Crippen LogP contribution in [0.5, 0.6) is 0 Å². The first-order valence-corrected chi connectivity index (χ1v) is 9.70. The number of hydrogen-bond acceptors (Lipinski definition) is 3. The molecule has 0 saturated carbocycles. The summed E-state index contributed by atoms with van der Waals surface area (Å²) in [5, 5.41) is 5.01. The van der Waals surface area contributed by atoms with Gasteiger partial charge in [-0.1, -0.05) is 54.6 Å². The molecule has 0 saturated heterocycles. The monoisotopic (exact) mass is 424 g/mol. The van der Waals surface area contributed by atoms with Gasteiger partial charge in [0.1, 0.15) is 11.6 Å². The van der Waals surface area contributed by atoms with Crippen molar-refractivity contribution in [2.45, 2.75) is 19.8 Å². The topological polar surface area (TPSA) is 67.4 Å². The lowest BCUT2D eigenvalue weighted by atomic mass is 10.1. The predicted octanol–water partition coefficient (Wildman–Crippen LogP) is 3.73. The molecule has 2 N–H and O–H groups in total. The lowest BCUT2D eigenvalue weighted by molar-refractivity contribution is -0.120. The Morgan fingerprint density at radius 1 is 0.742 bits per heavy atom. The second-order valence-electron chi connectivity index (χ2n) is 6.91. The van der Waals surface area contributed by atoms with Crippen molar-refractivity contribution in [1.82, 2.24) is 10.6 Å². The molecule has 0 unspecified atom stereocenters. The van der Waals surface area contributed by atoms with E-state index in [1.54, 1.807) is 0 Å². The van der Waals surface area contributed by atoms with Crippen LogP contribution in [0.15, 0.2) is 72.8 Å². The zero-order valence-electron chi connectivity index (χ0n) is 16.7. The van der Waals surface area contributed by atoms with Crippen LogP contribution in [0.2, 0.25) is 0 Å². The highest BCUT2D eigenvalue weighted by Crippen LogP contribution is 2.09. The maximum Gasteiger partial charge on any atom is 0.251 e. The number of halogens is 2. The van der Waals surface area contributed by atoms with Crippen molar-refractivity contribution in [3.8, 4) is 0 Å². The summed E-state index contributed by atoms with van der Waals surface area (Å²) in [7, 11) is 0. The van der Waals surface area contributed by atoms with Crippen LogP contribution >= 0.6 is 0 Å². The molecule has 0 aliphatic heterocycles. The molecule has 0 spiro atoms. The number of hydrogen-bond donors (Lipinski definition) is 2. The first-order chi connectivity index (χ1) is 15.0. The van der Waals surface area contributed by atoms with Crippen molar-refractivity contribution < 1.29 is 23.1 Å². The summed E-state index contributed by atoms with van der Waals surface area (Å²) < 4.78 is 32.0. The minimum absolute atomic E-state index is 0.185. The molecule has 0 aliphatic carbocycles. The minimum Gasteiger partial charge on any atom is -0.372 e. The Morgan fingerprint density at radius 3 is 1.97 bits per heavy atom. The van der Waals surface area contributed by atoms with Crippen LogP contribution in [0.3, 0.4) is 0 Å². The van der Waals surface area contributed by atoms with Crippen molar-refractivity contribution in [1.29, 1.82) is 0 Å². The zero-order chi connectivity index (χ0) is 22.1. The molecule has 5 nitrogen and oxygen atoms in total. The largest absolute Gasteiger partial charge is 0.372 e. The van der Waals surface area contributed by atoms with E-state index in [9.17, 15) is 18.4 Å². The van der Waals surface area contributed by atoms with Gasteiger partial charge >= 0.3 is 0 Å². The van der Waals surface area contributed by atoms with Gasteiger partial charge in [-0.3, -0.25) is 9.59 Å². The van der Waals surface area contributed by atoms with E-state index in [4.69, 9.17) is 4.74 Å². The molecule has 7 heteroatoms. The Morgan fingerprint density at radius 2 is 1.32 bits per heavy atom. The fourth-order valence-corrected chi connectivity index (χ4v) is 2.83. The molecule has 31 heavy (non-hydrogen) atoms. The maximum atomic E-state index is 13.2. The van der Waals surface area contributed by atoms with E-state index in [2.05, 4.69) is 10.6 Å². The number of ether oxygens (including phenoxy) is 1. The van der Waals surface area contributed by atoms with Crippen LogP contribution < -0.4 is 10.6 Å². The van der Waals surface area contributed by atoms with Crippen molar-refractivity contribution >= 4 is 11.8 Å². The molecule has 0 radical (unpaired) electrons. The van der Waals surface area contributed by atoms with Crippen LogP contribution in [0.25, 0.3) is 0 Å². The van der Waals surface area contributed by atoms with E-state index in [1.807, 2.05) is 54.6 Å². The summed E-state index contributed by atoms with van der Waals surface area (Å²) in [6.07, 6.45) is 0. The smallest absolute Gasteiger partial charge is 0.251 e. The van der Waals surface area contributed by atoms with Crippen molar-refractivity contribution in [3.63, 3.8) is 0 Å². The van der Waals surface area contributed by atoms with E-state index >= 15 is 0 Å². The molecule has 3 aromatic carbocycles. The molecular weight excluding hydrogens is 402 g/mol. The van der Waals surface area contributed by atoms with Gasteiger partial charge in [-0.25, -0.2) is 8.78 Å². The SMILES string of the molecule is O=C(CNC(=O)c1cc(F)cc(F)c1)NCc1ccc(COCc2ccccc2)cc1. The highest BCUT2D eigenvalue weighted by Gasteiger charge is 2.10. The van der Waals surface area contributed by atoms with Gasteiger partial charge in [-0.15, -0.1) is 0 Å². The molecule has 0 heterocycles. The summed E-state index contributed by atoms with van der Waals surface area (Å²) in [6.45, 7) is 0.998. The molecule has 3 aromatic rings. The number of rotatable bonds is 9. The van der Waals surface area contributed by atoms with Gasteiger partial charge in [0.25, 0.3) is 5.91 Å².